The van der Waals surface area contributed by atoms with Crippen LogP contribution in [0.5, 0.6) is 0 Å². The Morgan fingerprint density at radius 2 is 1.67 bits per heavy atom. The molecule has 1 heterocycles. The molecule has 4 rings (SSSR count). The Kier molecular flexibility index (Phi) is 6.23. The molecule has 0 aromatic heterocycles. The lowest BCUT2D eigenvalue weighted by atomic mass is 9.92. The second-order valence-corrected chi connectivity index (χ2v) is 7.71. The first kappa shape index (κ1) is 19.9. The Hall–Kier alpha value is -3.40. The SMILES string of the molecule is O=C(NCC(Cc1ccccc1)c1ccccc1)c1cccc(N2CCCC2=O)c1. The molecule has 1 saturated heterocycles. The summed E-state index contributed by atoms with van der Waals surface area (Å²) in [4.78, 5) is 26.7. The molecule has 0 spiro atoms. The largest absolute Gasteiger partial charge is 0.351 e. The van der Waals surface area contributed by atoms with Crippen molar-refractivity contribution in [1.29, 1.82) is 0 Å². The highest BCUT2D eigenvalue weighted by molar-refractivity contribution is 5.99. The van der Waals surface area contributed by atoms with Gasteiger partial charge in [0.05, 0.1) is 0 Å². The van der Waals surface area contributed by atoms with Crippen LogP contribution in [0.3, 0.4) is 0 Å². The van der Waals surface area contributed by atoms with Crippen molar-refractivity contribution in [2.24, 2.45) is 0 Å². The molecule has 30 heavy (non-hydrogen) atoms. The normalized spacial score (nSPS) is 14.5. The third kappa shape index (κ3) is 4.77. The molecule has 0 radical (unpaired) electrons. The second-order valence-electron chi connectivity index (χ2n) is 7.71. The molecule has 1 aliphatic heterocycles. The summed E-state index contributed by atoms with van der Waals surface area (Å²) < 4.78 is 0. The molecule has 3 aromatic rings. The molecule has 4 heteroatoms. The summed E-state index contributed by atoms with van der Waals surface area (Å²) in [5, 5.41) is 3.10. The molecule has 1 fully saturated rings. The lowest BCUT2D eigenvalue weighted by Gasteiger charge is -2.19. The molecular weight excluding hydrogens is 372 g/mol. The molecular formula is C26H26N2O2. The van der Waals surface area contributed by atoms with Gasteiger partial charge in [-0.3, -0.25) is 9.59 Å². The van der Waals surface area contributed by atoms with Gasteiger partial charge in [0, 0.05) is 36.7 Å². The smallest absolute Gasteiger partial charge is 0.251 e. The van der Waals surface area contributed by atoms with Gasteiger partial charge in [-0.2, -0.15) is 0 Å². The van der Waals surface area contributed by atoms with Crippen LogP contribution in [0.1, 0.15) is 40.2 Å². The first-order valence-corrected chi connectivity index (χ1v) is 10.5. The lowest BCUT2D eigenvalue weighted by molar-refractivity contribution is -0.117. The van der Waals surface area contributed by atoms with Crippen LogP contribution < -0.4 is 10.2 Å². The summed E-state index contributed by atoms with van der Waals surface area (Å²) in [7, 11) is 0. The predicted octanol–water partition coefficient (Wildman–Crippen LogP) is 4.57. The number of nitrogens with one attached hydrogen (secondary N) is 1. The van der Waals surface area contributed by atoms with Crippen molar-refractivity contribution in [2.75, 3.05) is 18.0 Å². The van der Waals surface area contributed by atoms with E-state index in [0.717, 1.165) is 25.1 Å². The van der Waals surface area contributed by atoms with Crippen molar-refractivity contribution in [3.8, 4) is 0 Å². The van der Waals surface area contributed by atoms with E-state index in [0.29, 0.717) is 18.5 Å². The third-order valence-corrected chi connectivity index (χ3v) is 5.60. The topological polar surface area (TPSA) is 49.4 Å². The minimum absolute atomic E-state index is 0.113. The van der Waals surface area contributed by atoms with E-state index in [4.69, 9.17) is 0 Å². The van der Waals surface area contributed by atoms with Gasteiger partial charge in [0.1, 0.15) is 0 Å². The first-order valence-electron chi connectivity index (χ1n) is 10.5. The van der Waals surface area contributed by atoms with E-state index in [2.05, 4.69) is 29.6 Å². The molecule has 2 amide bonds. The molecule has 152 valence electrons. The number of amides is 2. The van der Waals surface area contributed by atoms with Crippen molar-refractivity contribution >= 4 is 17.5 Å². The van der Waals surface area contributed by atoms with Crippen LogP contribution in [-0.2, 0) is 11.2 Å². The number of rotatable bonds is 7. The van der Waals surface area contributed by atoms with Gasteiger partial charge < -0.3 is 10.2 Å². The molecule has 3 aromatic carbocycles. The van der Waals surface area contributed by atoms with E-state index >= 15 is 0 Å². The molecule has 4 nitrogen and oxygen atoms in total. The van der Waals surface area contributed by atoms with Gasteiger partial charge in [-0.15, -0.1) is 0 Å². The average molecular weight is 399 g/mol. The second kappa shape index (κ2) is 9.40. The molecule has 1 unspecified atom stereocenters. The summed E-state index contributed by atoms with van der Waals surface area (Å²) in [6.45, 7) is 1.27. The van der Waals surface area contributed by atoms with Crippen molar-refractivity contribution < 1.29 is 9.59 Å². The molecule has 1 N–H and O–H groups in total. The van der Waals surface area contributed by atoms with E-state index in [1.807, 2.05) is 54.6 Å². The first-order chi connectivity index (χ1) is 14.7. The van der Waals surface area contributed by atoms with Crippen LogP contribution in [0.15, 0.2) is 84.9 Å². The molecule has 0 saturated carbocycles. The zero-order valence-corrected chi connectivity index (χ0v) is 17.0. The lowest BCUT2D eigenvalue weighted by Crippen LogP contribution is -2.30. The van der Waals surface area contributed by atoms with Crippen molar-refractivity contribution in [3.05, 3.63) is 102 Å². The van der Waals surface area contributed by atoms with Crippen LogP contribution in [0.4, 0.5) is 5.69 Å². The fourth-order valence-electron chi connectivity index (χ4n) is 3.99. The molecule has 0 bridgehead atoms. The van der Waals surface area contributed by atoms with Crippen molar-refractivity contribution in [2.45, 2.75) is 25.2 Å². The van der Waals surface area contributed by atoms with E-state index in [9.17, 15) is 9.59 Å². The molecule has 1 aliphatic rings. The minimum Gasteiger partial charge on any atom is -0.351 e. The Balaban J connectivity index is 1.47. The monoisotopic (exact) mass is 398 g/mol. The summed E-state index contributed by atoms with van der Waals surface area (Å²) in [6, 6.07) is 28.0. The Bertz CT molecular complexity index is 1000. The van der Waals surface area contributed by atoms with Crippen molar-refractivity contribution in [1.82, 2.24) is 5.32 Å². The van der Waals surface area contributed by atoms with Gasteiger partial charge in [0.15, 0.2) is 0 Å². The number of hydrogen-bond donors (Lipinski definition) is 1. The number of hydrogen-bond acceptors (Lipinski definition) is 2. The van der Waals surface area contributed by atoms with Crippen LogP contribution in [0, 0.1) is 0 Å². The predicted molar refractivity (Wildman–Crippen MR) is 120 cm³/mol. The maximum atomic E-state index is 12.9. The Morgan fingerprint density at radius 1 is 0.933 bits per heavy atom. The molecule has 1 atom stereocenters. The minimum atomic E-state index is -0.113. The zero-order chi connectivity index (χ0) is 20.8. The van der Waals surface area contributed by atoms with E-state index in [1.54, 1.807) is 11.0 Å². The average Bonchev–Trinajstić information content (AvgIpc) is 3.23. The van der Waals surface area contributed by atoms with Crippen LogP contribution in [-0.4, -0.2) is 24.9 Å². The summed E-state index contributed by atoms with van der Waals surface area (Å²) in [5.41, 5.74) is 3.83. The number of carbonyl (C=O) groups excluding carboxylic acids is 2. The van der Waals surface area contributed by atoms with E-state index < -0.39 is 0 Å². The van der Waals surface area contributed by atoms with Gasteiger partial charge in [0.25, 0.3) is 5.91 Å². The summed E-state index contributed by atoms with van der Waals surface area (Å²) >= 11 is 0. The number of carbonyl (C=O) groups is 2. The number of nitrogens with zero attached hydrogens (tertiary/aromatic N) is 1. The Morgan fingerprint density at radius 3 is 2.37 bits per heavy atom. The van der Waals surface area contributed by atoms with Crippen LogP contribution >= 0.6 is 0 Å². The van der Waals surface area contributed by atoms with Gasteiger partial charge in [-0.1, -0.05) is 66.7 Å². The highest BCUT2D eigenvalue weighted by atomic mass is 16.2. The summed E-state index contributed by atoms with van der Waals surface area (Å²) in [5.74, 6) is 0.193. The fourth-order valence-corrected chi connectivity index (χ4v) is 3.99. The van der Waals surface area contributed by atoms with E-state index in [1.165, 1.54) is 11.1 Å². The highest BCUT2D eigenvalue weighted by Crippen LogP contribution is 2.23. The standard InChI is InChI=1S/C26H26N2O2/c29-25-15-8-16-28(25)24-14-7-13-22(18-24)26(30)27-19-23(21-11-5-2-6-12-21)17-20-9-3-1-4-10-20/h1-7,9-14,18,23H,8,15-17,19H2,(H,27,30). The number of anilines is 1. The summed E-state index contributed by atoms with van der Waals surface area (Å²) in [6.07, 6.45) is 2.30. The van der Waals surface area contributed by atoms with Crippen LogP contribution in [0.2, 0.25) is 0 Å². The number of benzene rings is 3. The van der Waals surface area contributed by atoms with Gasteiger partial charge in [0.2, 0.25) is 5.91 Å². The highest BCUT2D eigenvalue weighted by Gasteiger charge is 2.22. The van der Waals surface area contributed by atoms with Gasteiger partial charge in [-0.25, -0.2) is 0 Å². The maximum Gasteiger partial charge on any atom is 0.251 e. The van der Waals surface area contributed by atoms with Gasteiger partial charge >= 0.3 is 0 Å². The third-order valence-electron chi connectivity index (χ3n) is 5.60. The van der Waals surface area contributed by atoms with Gasteiger partial charge in [-0.05, 0) is 42.2 Å². The maximum absolute atomic E-state index is 12.9. The van der Waals surface area contributed by atoms with E-state index in [-0.39, 0.29) is 17.7 Å². The molecule has 0 aliphatic carbocycles. The zero-order valence-electron chi connectivity index (χ0n) is 17.0. The fraction of sp³-hybridized carbons (Fsp3) is 0.231. The van der Waals surface area contributed by atoms with Crippen LogP contribution in [0.25, 0.3) is 0 Å². The van der Waals surface area contributed by atoms with Crippen molar-refractivity contribution in [3.63, 3.8) is 0 Å². The quantitative estimate of drug-likeness (QED) is 0.634. The Labute approximate surface area is 177 Å².